The second-order valence-electron chi connectivity index (χ2n) is 8.46. The van der Waals surface area contributed by atoms with Crippen LogP contribution in [0.2, 0.25) is 0 Å². The van der Waals surface area contributed by atoms with Gasteiger partial charge in [0.25, 0.3) is 5.89 Å². The van der Waals surface area contributed by atoms with Crippen LogP contribution in [0.5, 0.6) is 5.75 Å². The van der Waals surface area contributed by atoms with Crippen molar-refractivity contribution in [1.82, 2.24) is 19.4 Å². The molecule has 0 N–H and O–H groups in total. The molecule has 0 spiro atoms. The number of hydrogen-bond donors (Lipinski definition) is 0. The lowest BCUT2D eigenvalue weighted by molar-refractivity contribution is 0.0429. The van der Waals surface area contributed by atoms with E-state index in [0.717, 1.165) is 6.42 Å². The first-order chi connectivity index (χ1) is 16.3. The Bertz CT molecular complexity index is 1250. The van der Waals surface area contributed by atoms with Crippen molar-refractivity contribution in [2.45, 2.75) is 31.8 Å². The molecule has 1 aromatic carbocycles. The molecule has 2 aromatic heterocycles. The number of esters is 1. The van der Waals surface area contributed by atoms with Gasteiger partial charge in [-0.1, -0.05) is 19.0 Å². The molecule has 1 aliphatic rings. The van der Waals surface area contributed by atoms with Crippen LogP contribution in [0.25, 0.3) is 11.4 Å². The number of hydrogen-bond acceptors (Lipinski definition) is 9. The predicted molar refractivity (Wildman–Crippen MR) is 121 cm³/mol. The Hall–Kier alpha value is -3.31. The molecular formula is C23H26N4O6S. The van der Waals surface area contributed by atoms with E-state index in [4.69, 9.17) is 14.0 Å². The lowest BCUT2D eigenvalue weighted by atomic mass is 9.94. The van der Waals surface area contributed by atoms with Crippen molar-refractivity contribution in [3.63, 3.8) is 0 Å². The number of pyridine rings is 1. The minimum Gasteiger partial charge on any atom is -0.495 e. The van der Waals surface area contributed by atoms with E-state index in [1.165, 1.54) is 29.6 Å². The van der Waals surface area contributed by atoms with Gasteiger partial charge in [0.15, 0.2) is 6.61 Å². The first-order valence-corrected chi connectivity index (χ1v) is 12.3. The second kappa shape index (κ2) is 9.90. The number of methoxy groups -OCH3 is 1. The van der Waals surface area contributed by atoms with E-state index in [-0.39, 0.29) is 40.5 Å². The molecule has 0 amide bonds. The fourth-order valence-electron chi connectivity index (χ4n) is 4.08. The molecule has 11 heteroatoms. The Kier molecular flexibility index (Phi) is 6.94. The number of sulfonamides is 1. The van der Waals surface area contributed by atoms with Gasteiger partial charge in [0.1, 0.15) is 10.6 Å². The number of aromatic nitrogens is 3. The molecule has 2 unspecified atom stereocenters. The molecular weight excluding hydrogens is 460 g/mol. The number of carbonyl (C=O) groups is 1. The van der Waals surface area contributed by atoms with Crippen molar-refractivity contribution in [1.29, 1.82) is 0 Å². The van der Waals surface area contributed by atoms with E-state index in [1.54, 1.807) is 24.5 Å². The third kappa shape index (κ3) is 5.10. The molecule has 0 bridgehead atoms. The van der Waals surface area contributed by atoms with E-state index < -0.39 is 16.0 Å². The highest BCUT2D eigenvalue weighted by Crippen LogP contribution is 2.32. The zero-order valence-corrected chi connectivity index (χ0v) is 20.0. The van der Waals surface area contributed by atoms with Crippen molar-refractivity contribution in [3.05, 3.63) is 54.2 Å². The molecule has 10 nitrogen and oxygen atoms in total. The molecule has 0 saturated carbocycles. The van der Waals surface area contributed by atoms with Crippen LogP contribution in [0.4, 0.5) is 0 Å². The molecule has 4 rings (SSSR count). The molecule has 3 heterocycles. The number of piperidine rings is 1. The third-order valence-corrected chi connectivity index (χ3v) is 7.42. The van der Waals surface area contributed by atoms with Gasteiger partial charge in [-0.3, -0.25) is 4.98 Å². The summed E-state index contributed by atoms with van der Waals surface area (Å²) in [7, 11) is -2.48. The normalized spacial score (nSPS) is 19.0. The van der Waals surface area contributed by atoms with Crippen LogP contribution < -0.4 is 4.74 Å². The van der Waals surface area contributed by atoms with Gasteiger partial charge in [-0.25, -0.2) is 13.2 Å². The standard InChI is InChI=1S/C23H26N4O6S/c1-15-9-16(2)13-27(12-15)34(29,30)20-10-17(6-7-19(20)31-3)23(28)32-14-21-25-22(26-33-21)18-5-4-8-24-11-18/h4-8,10-11,15-16H,9,12-14H2,1-3H3. The Morgan fingerprint density at radius 3 is 2.65 bits per heavy atom. The average Bonchev–Trinajstić information content (AvgIpc) is 3.31. The molecule has 1 fully saturated rings. The van der Waals surface area contributed by atoms with Gasteiger partial charge in [0.05, 0.1) is 12.7 Å². The summed E-state index contributed by atoms with van der Waals surface area (Å²) >= 11 is 0. The van der Waals surface area contributed by atoms with E-state index >= 15 is 0 Å². The molecule has 0 radical (unpaired) electrons. The summed E-state index contributed by atoms with van der Waals surface area (Å²) in [5, 5.41) is 3.85. The zero-order chi connectivity index (χ0) is 24.3. The maximum atomic E-state index is 13.4. The Morgan fingerprint density at radius 1 is 1.21 bits per heavy atom. The lowest BCUT2D eigenvalue weighted by Gasteiger charge is -2.34. The van der Waals surface area contributed by atoms with Crippen molar-refractivity contribution in [3.8, 4) is 17.1 Å². The lowest BCUT2D eigenvalue weighted by Crippen LogP contribution is -2.42. The SMILES string of the molecule is COc1ccc(C(=O)OCc2nc(-c3cccnc3)no2)cc1S(=O)(=O)N1CC(C)CC(C)C1. The van der Waals surface area contributed by atoms with Crippen LogP contribution >= 0.6 is 0 Å². The molecule has 0 aliphatic carbocycles. The van der Waals surface area contributed by atoms with Crippen LogP contribution in [0.15, 0.2) is 52.1 Å². The highest BCUT2D eigenvalue weighted by atomic mass is 32.2. The van der Waals surface area contributed by atoms with Gasteiger partial charge in [-0.2, -0.15) is 9.29 Å². The minimum absolute atomic E-state index is 0.0672. The van der Waals surface area contributed by atoms with E-state index in [1.807, 2.05) is 13.8 Å². The maximum absolute atomic E-state index is 13.4. The van der Waals surface area contributed by atoms with E-state index in [2.05, 4.69) is 15.1 Å². The molecule has 3 aromatic rings. The number of nitrogens with zero attached hydrogens (tertiary/aromatic N) is 4. The van der Waals surface area contributed by atoms with Crippen molar-refractivity contribution in [2.75, 3.05) is 20.2 Å². The molecule has 180 valence electrons. The molecule has 1 saturated heterocycles. The van der Waals surface area contributed by atoms with Gasteiger partial charge >= 0.3 is 5.97 Å². The summed E-state index contributed by atoms with van der Waals surface area (Å²) in [4.78, 5) is 20.8. The number of benzene rings is 1. The van der Waals surface area contributed by atoms with Gasteiger partial charge in [0.2, 0.25) is 15.8 Å². The summed E-state index contributed by atoms with van der Waals surface area (Å²) < 4.78 is 44.0. The van der Waals surface area contributed by atoms with Crippen molar-refractivity contribution < 1.29 is 27.2 Å². The summed E-state index contributed by atoms with van der Waals surface area (Å²) in [6.45, 7) is 4.63. The van der Waals surface area contributed by atoms with Crippen LogP contribution in [0.3, 0.4) is 0 Å². The Balaban J connectivity index is 1.51. The van der Waals surface area contributed by atoms with Gasteiger partial charge in [-0.15, -0.1) is 0 Å². The maximum Gasteiger partial charge on any atom is 0.338 e. The topological polar surface area (TPSA) is 125 Å². The summed E-state index contributed by atoms with van der Waals surface area (Å²) in [6.07, 6.45) is 4.18. The first-order valence-electron chi connectivity index (χ1n) is 10.9. The molecule has 2 atom stereocenters. The van der Waals surface area contributed by atoms with Gasteiger partial charge < -0.3 is 14.0 Å². The summed E-state index contributed by atoms with van der Waals surface area (Å²) in [5.41, 5.74) is 0.736. The van der Waals surface area contributed by atoms with E-state index in [9.17, 15) is 13.2 Å². The smallest absolute Gasteiger partial charge is 0.338 e. The zero-order valence-electron chi connectivity index (χ0n) is 19.2. The van der Waals surface area contributed by atoms with Gasteiger partial charge in [-0.05, 0) is 48.6 Å². The largest absolute Gasteiger partial charge is 0.495 e. The predicted octanol–water partition coefficient (Wildman–Crippen LogP) is 3.16. The minimum atomic E-state index is -3.87. The van der Waals surface area contributed by atoms with Crippen LogP contribution in [0.1, 0.15) is 36.5 Å². The Labute approximate surface area is 198 Å². The number of carbonyl (C=O) groups excluding carboxylic acids is 1. The fraction of sp³-hybridized carbons (Fsp3) is 0.391. The first kappa shape index (κ1) is 23.8. The van der Waals surface area contributed by atoms with E-state index in [0.29, 0.717) is 24.5 Å². The second-order valence-corrected chi connectivity index (χ2v) is 10.4. The Morgan fingerprint density at radius 2 is 1.97 bits per heavy atom. The summed E-state index contributed by atoms with van der Waals surface area (Å²) in [5.74, 6) is 0.347. The molecule has 1 aliphatic heterocycles. The highest BCUT2D eigenvalue weighted by Gasteiger charge is 2.34. The number of rotatable bonds is 7. The van der Waals surface area contributed by atoms with Crippen LogP contribution in [-0.2, 0) is 21.4 Å². The van der Waals surface area contributed by atoms with Crippen LogP contribution in [-0.4, -0.2) is 54.0 Å². The van der Waals surface area contributed by atoms with Crippen molar-refractivity contribution in [2.24, 2.45) is 11.8 Å². The quantitative estimate of drug-likeness (QED) is 0.463. The highest BCUT2D eigenvalue weighted by molar-refractivity contribution is 7.89. The average molecular weight is 487 g/mol. The summed E-state index contributed by atoms with van der Waals surface area (Å²) in [6, 6.07) is 7.71. The monoisotopic (exact) mass is 486 g/mol. The van der Waals surface area contributed by atoms with Gasteiger partial charge in [0, 0.05) is 31.0 Å². The number of ether oxygens (including phenoxy) is 2. The fourth-order valence-corrected chi connectivity index (χ4v) is 5.94. The van der Waals surface area contributed by atoms with Crippen LogP contribution in [0, 0.1) is 11.8 Å². The van der Waals surface area contributed by atoms with Crippen molar-refractivity contribution >= 4 is 16.0 Å². The molecule has 34 heavy (non-hydrogen) atoms. The third-order valence-electron chi connectivity index (χ3n) is 5.57.